The molecule has 17 heavy (non-hydrogen) atoms. The van der Waals surface area contributed by atoms with E-state index in [1.54, 1.807) is 6.20 Å². The van der Waals surface area contributed by atoms with Crippen molar-refractivity contribution in [3.05, 3.63) is 60.8 Å². The van der Waals surface area contributed by atoms with Gasteiger partial charge in [0.15, 0.2) is 0 Å². The van der Waals surface area contributed by atoms with Crippen LogP contribution in [0.15, 0.2) is 60.8 Å². The number of hydrogen-bond donors (Lipinski definition) is 1. The molecule has 0 saturated carbocycles. The topological polar surface area (TPSA) is 38.9 Å². The summed E-state index contributed by atoms with van der Waals surface area (Å²) in [5.74, 6) is 0. The number of aromatic nitrogens is 1. The van der Waals surface area contributed by atoms with Crippen LogP contribution >= 0.6 is 0 Å². The Hall–Kier alpha value is -2.35. The Balaban J connectivity index is 2.22. The van der Waals surface area contributed by atoms with Crippen LogP contribution in [0.2, 0.25) is 0 Å². The zero-order valence-corrected chi connectivity index (χ0v) is 9.30. The lowest BCUT2D eigenvalue weighted by molar-refractivity contribution is 1.33. The molecule has 0 fully saturated rings. The van der Waals surface area contributed by atoms with Gasteiger partial charge in [-0.25, -0.2) is 0 Å². The normalized spacial score (nSPS) is 10.6. The van der Waals surface area contributed by atoms with Crippen molar-refractivity contribution in [2.45, 2.75) is 0 Å². The molecule has 0 aliphatic heterocycles. The number of nitrogens with zero attached hydrogens (tertiary/aromatic N) is 1. The van der Waals surface area contributed by atoms with E-state index >= 15 is 0 Å². The van der Waals surface area contributed by atoms with Crippen LogP contribution in [0.1, 0.15) is 0 Å². The standard InChI is InChI=1S/C15H12N2/c16-14-6-3-9-17-15(14)13-8-7-11-4-1-2-5-12(11)10-13/h1-10H,16H2. The second kappa shape index (κ2) is 3.91. The molecular weight excluding hydrogens is 208 g/mol. The third-order valence-electron chi connectivity index (χ3n) is 2.86. The molecule has 0 bridgehead atoms. The molecule has 0 aliphatic rings. The summed E-state index contributed by atoms with van der Waals surface area (Å²) >= 11 is 0. The fourth-order valence-electron chi connectivity index (χ4n) is 2.00. The summed E-state index contributed by atoms with van der Waals surface area (Å²) in [5.41, 5.74) is 8.55. The molecule has 0 amide bonds. The first-order valence-electron chi connectivity index (χ1n) is 5.54. The Bertz CT molecular complexity index is 674. The average molecular weight is 220 g/mol. The maximum absolute atomic E-state index is 5.93. The van der Waals surface area contributed by atoms with Gasteiger partial charge in [0.05, 0.1) is 11.4 Å². The van der Waals surface area contributed by atoms with Crippen LogP contribution in [0.4, 0.5) is 5.69 Å². The Labute approximate surface area is 99.7 Å². The summed E-state index contributed by atoms with van der Waals surface area (Å²) in [4.78, 5) is 4.33. The summed E-state index contributed by atoms with van der Waals surface area (Å²) < 4.78 is 0. The van der Waals surface area contributed by atoms with Crippen molar-refractivity contribution in [2.24, 2.45) is 0 Å². The average Bonchev–Trinajstić information content (AvgIpc) is 2.39. The van der Waals surface area contributed by atoms with Crippen molar-refractivity contribution < 1.29 is 0 Å². The van der Waals surface area contributed by atoms with Gasteiger partial charge in [-0.1, -0.05) is 36.4 Å². The molecule has 0 radical (unpaired) electrons. The van der Waals surface area contributed by atoms with E-state index < -0.39 is 0 Å². The number of nitrogens with two attached hydrogens (primary N) is 1. The minimum absolute atomic E-state index is 0.711. The molecule has 3 aromatic rings. The zero-order valence-electron chi connectivity index (χ0n) is 9.30. The second-order valence-electron chi connectivity index (χ2n) is 4.00. The van der Waals surface area contributed by atoms with Crippen molar-refractivity contribution in [3.63, 3.8) is 0 Å². The maximum atomic E-state index is 5.93. The first-order chi connectivity index (χ1) is 8.34. The molecule has 3 rings (SSSR count). The van der Waals surface area contributed by atoms with Crippen molar-refractivity contribution in [3.8, 4) is 11.3 Å². The summed E-state index contributed by atoms with van der Waals surface area (Å²) in [6.07, 6.45) is 1.76. The molecule has 0 atom stereocenters. The van der Waals surface area contributed by atoms with Gasteiger partial charge in [0, 0.05) is 11.8 Å². The summed E-state index contributed by atoms with van der Waals surface area (Å²) in [7, 11) is 0. The first-order valence-corrected chi connectivity index (χ1v) is 5.54. The van der Waals surface area contributed by atoms with Crippen LogP contribution in [0.5, 0.6) is 0 Å². The summed E-state index contributed by atoms with van der Waals surface area (Å²) in [5, 5.41) is 2.43. The van der Waals surface area contributed by atoms with Crippen LogP contribution in [0, 0.1) is 0 Å². The fourth-order valence-corrected chi connectivity index (χ4v) is 2.00. The Kier molecular flexibility index (Phi) is 2.26. The highest BCUT2D eigenvalue weighted by atomic mass is 14.7. The van der Waals surface area contributed by atoms with E-state index in [1.807, 2.05) is 24.3 Å². The van der Waals surface area contributed by atoms with Crippen LogP contribution in [0.25, 0.3) is 22.0 Å². The second-order valence-corrected chi connectivity index (χ2v) is 4.00. The van der Waals surface area contributed by atoms with Crippen LogP contribution in [0.3, 0.4) is 0 Å². The van der Waals surface area contributed by atoms with E-state index in [2.05, 4.69) is 35.3 Å². The minimum atomic E-state index is 0.711. The predicted molar refractivity (Wildman–Crippen MR) is 71.6 cm³/mol. The van der Waals surface area contributed by atoms with Crippen molar-refractivity contribution in [1.82, 2.24) is 4.98 Å². The number of nitrogen functional groups attached to an aromatic ring is 1. The highest BCUT2D eigenvalue weighted by Gasteiger charge is 2.03. The van der Waals surface area contributed by atoms with Crippen molar-refractivity contribution in [2.75, 3.05) is 5.73 Å². The monoisotopic (exact) mass is 220 g/mol. The quantitative estimate of drug-likeness (QED) is 0.681. The molecule has 2 heteroatoms. The third-order valence-corrected chi connectivity index (χ3v) is 2.86. The van der Waals surface area contributed by atoms with Crippen LogP contribution < -0.4 is 5.73 Å². The lowest BCUT2D eigenvalue weighted by Crippen LogP contribution is -1.92. The summed E-state index contributed by atoms with van der Waals surface area (Å²) in [6.45, 7) is 0. The van der Waals surface area contributed by atoms with E-state index in [-0.39, 0.29) is 0 Å². The van der Waals surface area contributed by atoms with Crippen molar-refractivity contribution in [1.29, 1.82) is 0 Å². The van der Waals surface area contributed by atoms with Gasteiger partial charge in [0.25, 0.3) is 0 Å². The number of hydrogen-bond acceptors (Lipinski definition) is 2. The third kappa shape index (κ3) is 1.74. The lowest BCUT2D eigenvalue weighted by atomic mass is 10.0. The van der Waals surface area contributed by atoms with E-state index in [1.165, 1.54) is 10.8 Å². The Morgan fingerprint density at radius 2 is 1.65 bits per heavy atom. The lowest BCUT2D eigenvalue weighted by Gasteiger charge is -2.05. The SMILES string of the molecule is Nc1cccnc1-c1ccc2ccccc2c1. The smallest absolute Gasteiger partial charge is 0.0931 e. The first kappa shape index (κ1) is 9.85. The molecule has 1 heterocycles. The number of pyridine rings is 1. The highest BCUT2D eigenvalue weighted by Crippen LogP contribution is 2.26. The number of anilines is 1. The predicted octanol–water partition coefficient (Wildman–Crippen LogP) is 3.48. The van der Waals surface area contributed by atoms with Crippen molar-refractivity contribution >= 4 is 16.5 Å². The number of benzene rings is 2. The van der Waals surface area contributed by atoms with Gasteiger partial charge in [0.2, 0.25) is 0 Å². The Morgan fingerprint density at radius 1 is 0.824 bits per heavy atom. The molecule has 2 nitrogen and oxygen atoms in total. The van der Waals surface area contributed by atoms with E-state index in [9.17, 15) is 0 Å². The number of rotatable bonds is 1. The number of fused-ring (bicyclic) bond motifs is 1. The maximum Gasteiger partial charge on any atom is 0.0931 e. The molecule has 82 valence electrons. The molecule has 2 N–H and O–H groups in total. The fraction of sp³-hybridized carbons (Fsp3) is 0. The molecule has 1 aromatic heterocycles. The minimum Gasteiger partial charge on any atom is -0.397 e. The van der Waals surface area contributed by atoms with E-state index in [4.69, 9.17) is 5.73 Å². The molecular formula is C15H12N2. The van der Waals surface area contributed by atoms with Crippen LogP contribution in [-0.2, 0) is 0 Å². The Morgan fingerprint density at radius 3 is 2.47 bits per heavy atom. The van der Waals surface area contributed by atoms with Gasteiger partial charge in [-0.15, -0.1) is 0 Å². The van der Waals surface area contributed by atoms with Gasteiger partial charge >= 0.3 is 0 Å². The summed E-state index contributed by atoms with van der Waals surface area (Å²) in [6, 6.07) is 18.3. The van der Waals surface area contributed by atoms with Gasteiger partial charge in [-0.3, -0.25) is 4.98 Å². The van der Waals surface area contributed by atoms with Crippen LogP contribution in [-0.4, -0.2) is 4.98 Å². The van der Waals surface area contributed by atoms with Gasteiger partial charge in [-0.2, -0.15) is 0 Å². The highest BCUT2D eigenvalue weighted by molar-refractivity contribution is 5.88. The molecule has 0 spiro atoms. The van der Waals surface area contributed by atoms with Gasteiger partial charge < -0.3 is 5.73 Å². The van der Waals surface area contributed by atoms with Gasteiger partial charge in [-0.05, 0) is 29.0 Å². The van der Waals surface area contributed by atoms with E-state index in [0.29, 0.717) is 5.69 Å². The zero-order chi connectivity index (χ0) is 11.7. The van der Waals surface area contributed by atoms with E-state index in [0.717, 1.165) is 11.3 Å². The van der Waals surface area contributed by atoms with Gasteiger partial charge in [0.1, 0.15) is 0 Å². The molecule has 2 aromatic carbocycles. The molecule has 0 unspecified atom stereocenters. The largest absolute Gasteiger partial charge is 0.397 e. The molecule has 0 aliphatic carbocycles. The molecule has 0 saturated heterocycles.